The van der Waals surface area contributed by atoms with Gasteiger partial charge >= 0.3 is 0 Å². The minimum Gasteiger partial charge on any atom is -0.505 e. The van der Waals surface area contributed by atoms with Gasteiger partial charge in [0.15, 0.2) is 5.75 Å². The maximum atomic E-state index is 13.0. The average molecular weight is 687 g/mol. The van der Waals surface area contributed by atoms with Gasteiger partial charge in [-0.2, -0.15) is 25.3 Å². The number of rotatable bonds is 8. The molecule has 5 aromatic rings. The van der Waals surface area contributed by atoms with E-state index in [4.69, 9.17) is 5.73 Å². The molecule has 46 heavy (non-hydrogen) atoms. The second kappa shape index (κ2) is 11.8. The number of azo groups is 1. The second-order valence-electron chi connectivity index (χ2n) is 9.72. The minimum absolute atomic E-state index is 0.00305. The third-order valence-electron chi connectivity index (χ3n) is 6.80. The highest BCUT2D eigenvalue weighted by molar-refractivity contribution is 7.86. The summed E-state index contributed by atoms with van der Waals surface area (Å²) in [7, 11) is -15.2. The fourth-order valence-corrected chi connectivity index (χ4v) is 6.83. The lowest BCUT2D eigenvalue weighted by molar-refractivity contribution is 0.102. The molecule has 0 unspecified atom stereocenters. The van der Waals surface area contributed by atoms with Crippen LogP contribution in [-0.4, -0.2) is 49.9 Å². The molecule has 5 rings (SSSR count). The molecule has 0 aliphatic heterocycles. The van der Waals surface area contributed by atoms with E-state index in [-0.39, 0.29) is 28.3 Å². The van der Waals surface area contributed by atoms with Crippen LogP contribution in [0.1, 0.15) is 15.9 Å². The second-order valence-corrected chi connectivity index (χ2v) is 13.9. The molecule has 18 heteroatoms. The predicted octanol–water partition coefficient (Wildman–Crippen LogP) is 4.57. The zero-order valence-electron chi connectivity index (χ0n) is 23.1. The summed E-state index contributed by atoms with van der Waals surface area (Å²) in [6, 6.07) is 16.9. The zero-order chi connectivity index (χ0) is 33.6. The van der Waals surface area contributed by atoms with Crippen molar-refractivity contribution in [3.63, 3.8) is 0 Å². The fourth-order valence-electron chi connectivity index (χ4n) is 4.80. The topological polar surface area (TPSA) is 263 Å². The molecule has 0 aliphatic carbocycles. The largest absolute Gasteiger partial charge is 0.505 e. The third-order valence-corrected chi connectivity index (χ3v) is 9.44. The molecule has 1 amide bonds. The molecule has 0 atom stereocenters. The Morgan fingerprint density at radius 2 is 1.46 bits per heavy atom. The highest BCUT2D eigenvalue weighted by Crippen LogP contribution is 2.46. The Labute approximate surface area is 261 Å². The van der Waals surface area contributed by atoms with Gasteiger partial charge in [0.05, 0.1) is 10.6 Å². The summed E-state index contributed by atoms with van der Waals surface area (Å²) in [5, 5.41) is 20.8. The number of phenolic OH excluding ortho intramolecular Hbond substituents is 1. The van der Waals surface area contributed by atoms with Crippen molar-refractivity contribution in [2.45, 2.75) is 21.2 Å². The summed E-state index contributed by atoms with van der Waals surface area (Å²) >= 11 is 0. The normalized spacial score (nSPS) is 12.6. The first-order valence-corrected chi connectivity index (χ1v) is 17.1. The van der Waals surface area contributed by atoms with Crippen molar-refractivity contribution in [1.29, 1.82) is 0 Å². The van der Waals surface area contributed by atoms with Gasteiger partial charge in [0.1, 0.15) is 21.2 Å². The molecule has 0 fully saturated rings. The van der Waals surface area contributed by atoms with E-state index in [0.29, 0.717) is 17.0 Å². The van der Waals surface area contributed by atoms with Gasteiger partial charge in [0.2, 0.25) is 0 Å². The molecule has 0 radical (unpaired) electrons. The van der Waals surface area contributed by atoms with Crippen molar-refractivity contribution >= 4 is 74.9 Å². The molecule has 15 nitrogen and oxygen atoms in total. The molecule has 0 aliphatic rings. The number of nitrogens with one attached hydrogen (secondary N) is 1. The van der Waals surface area contributed by atoms with E-state index in [9.17, 15) is 48.8 Å². The Morgan fingerprint density at radius 3 is 2.07 bits per heavy atom. The van der Waals surface area contributed by atoms with Gasteiger partial charge in [-0.1, -0.05) is 42.5 Å². The van der Waals surface area contributed by atoms with E-state index < -0.39 is 73.8 Å². The Balaban J connectivity index is 1.80. The van der Waals surface area contributed by atoms with Gasteiger partial charge in [-0.3, -0.25) is 18.5 Å². The van der Waals surface area contributed by atoms with Crippen molar-refractivity contribution in [1.82, 2.24) is 0 Å². The number of carbonyl (C=O) groups excluding carboxylic acids is 1. The van der Waals surface area contributed by atoms with Crippen molar-refractivity contribution in [3.05, 3.63) is 90.0 Å². The first-order chi connectivity index (χ1) is 21.5. The number of aromatic hydroxyl groups is 1. The summed E-state index contributed by atoms with van der Waals surface area (Å²) in [5.74, 6) is -1.83. The zero-order valence-corrected chi connectivity index (χ0v) is 25.5. The lowest BCUT2D eigenvalue weighted by Gasteiger charge is -2.15. The van der Waals surface area contributed by atoms with Crippen LogP contribution >= 0.6 is 0 Å². The van der Waals surface area contributed by atoms with E-state index in [1.165, 1.54) is 30.3 Å². The Bertz CT molecular complexity index is 2430. The highest BCUT2D eigenvalue weighted by Gasteiger charge is 2.27. The van der Waals surface area contributed by atoms with Crippen LogP contribution in [0, 0.1) is 0 Å². The molecule has 0 spiro atoms. The van der Waals surface area contributed by atoms with Crippen LogP contribution in [0.3, 0.4) is 0 Å². The number of fused-ring (bicyclic) bond motifs is 2. The van der Waals surface area contributed by atoms with Crippen LogP contribution < -0.4 is 11.1 Å². The summed E-state index contributed by atoms with van der Waals surface area (Å²) in [6.45, 7) is 0.0221. The highest BCUT2D eigenvalue weighted by atomic mass is 32.2. The predicted molar refractivity (Wildman–Crippen MR) is 165 cm³/mol. The number of phenols is 1. The molecule has 0 heterocycles. The third kappa shape index (κ3) is 6.30. The molecule has 238 valence electrons. The molecule has 0 saturated carbocycles. The number of anilines is 1. The van der Waals surface area contributed by atoms with Crippen LogP contribution in [-0.2, 0) is 36.9 Å². The van der Waals surface area contributed by atoms with E-state index in [1.54, 1.807) is 24.3 Å². The Kier molecular flexibility index (Phi) is 8.38. The van der Waals surface area contributed by atoms with Gasteiger partial charge in [-0.15, -0.1) is 10.2 Å². The number of hydrogen-bond acceptors (Lipinski definition) is 11. The summed E-state index contributed by atoms with van der Waals surface area (Å²) in [4.78, 5) is 10.3. The number of carbonyl (C=O) groups is 1. The SMILES string of the molecule is NCc1cccc2c(S(=O)(=O)O)c(N=Nc3c(S(=O)(=O)O)cc4cc(S(=O)(=O)O)cc(NC(=O)c5ccccc5)c4c3O)ccc12. The van der Waals surface area contributed by atoms with Gasteiger partial charge in [-0.25, -0.2) is 0 Å². The van der Waals surface area contributed by atoms with Gasteiger partial charge in [-0.05, 0) is 52.7 Å². The molecular weight excluding hydrogens is 665 g/mol. The smallest absolute Gasteiger partial charge is 0.297 e. The number of benzene rings is 5. The maximum absolute atomic E-state index is 13.0. The summed E-state index contributed by atoms with van der Waals surface area (Å²) in [5.41, 5.74) is 4.51. The van der Waals surface area contributed by atoms with Crippen LogP contribution in [0.2, 0.25) is 0 Å². The first-order valence-electron chi connectivity index (χ1n) is 12.8. The lowest BCUT2D eigenvalue weighted by Crippen LogP contribution is -2.13. The summed E-state index contributed by atoms with van der Waals surface area (Å²) in [6.07, 6.45) is 0. The van der Waals surface area contributed by atoms with E-state index in [0.717, 1.165) is 18.2 Å². The molecule has 7 N–H and O–H groups in total. The standard InChI is InChI=1S/C28H22N4O11S3/c29-14-16-7-4-8-20-19(16)9-10-21(27(20)46(41,42)43)31-32-25-23(45(38,39)40)12-17-11-18(44(35,36)37)13-22(24(17)26(25)33)30-28(34)15-5-2-1-3-6-15/h1-13,33H,14,29H2,(H,30,34)(H,35,36,37)(H,38,39,40)(H,41,42,43). The molecule has 5 aromatic carbocycles. The van der Waals surface area contributed by atoms with Crippen LogP contribution in [0.25, 0.3) is 21.5 Å². The van der Waals surface area contributed by atoms with Gasteiger partial charge in [0, 0.05) is 22.9 Å². The number of amides is 1. The van der Waals surface area contributed by atoms with E-state index >= 15 is 0 Å². The fraction of sp³-hybridized carbons (Fsp3) is 0.0357. The number of hydrogen-bond donors (Lipinski definition) is 6. The van der Waals surface area contributed by atoms with Crippen molar-refractivity contribution < 1.29 is 48.8 Å². The lowest BCUT2D eigenvalue weighted by atomic mass is 10.0. The summed E-state index contributed by atoms with van der Waals surface area (Å²) < 4.78 is 104. The van der Waals surface area contributed by atoms with Crippen molar-refractivity contribution in [2.75, 3.05) is 5.32 Å². The van der Waals surface area contributed by atoms with Crippen LogP contribution in [0.15, 0.2) is 104 Å². The quantitative estimate of drug-likeness (QED) is 0.0969. The number of nitrogens with zero attached hydrogens (tertiary/aromatic N) is 2. The molecule has 0 aromatic heterocycles. The van der Waals surface area contributed by atoms with Gasteiger partial charge < -0.3 is 16.2 Å². The van der Waals surface area contributed by atoms with E-state index in [2.05, 4.69) is 15.5 Å². The average Bonchev–Trinajstić information content (AvgIpc) is 2.98. The Hall–Kier alpha value is -4.82. The van der Waals surface area contributed by atoms with Crippen molar-refractivity contribution in [2.24, 2.45) is 16.0 Å². The number of nitrogens with two attached hydrogens (primary N) is 1. The maximum Gasteiger partial charge on any atom is 0.297 e. The van der Waals surface area contributed by atoms with Crippen LogP contribution in [0.5, 0.6) is 5.75 Å². The monoisotopic (exact) mass is 686 g/mol. The Morgan fingerprint density at radius 1 is 0.761 bits per heavy atom. The van der Waals surface area contributed by atoms with E-state index in [1.807, 2.05) is 0 Å². The van der Waals surface area contributed by atoms with Gasteiger partial charge in [0.25, 0.3) is 36.3 Å². The minimum atomic E-state index is -5.26. The van der Waals surface area contributed by atoms with Crippen molar-refractivity contribution in [3.8, 4) is 5.75 Å². The molecular formula is C28H22N4O11S3. The first kappa shape index (κ1) is 32.6. The molecule has 0 bridgehead atoms. The van der Waals surface area contributed by atoms with Crippen LogP contribution in [0.4, 0.5) is 17.1 Å². The molecule has 0 saturated heterocycles.